The molecule has 3 heteroatoms. The van der Waals surface area contributed by atoms with Crippen molar-refractivity contribution in [1.82, 2.24) is 10.3 Å². The third-order valence-corrected chi connectivity index (χ3v) is 3.37. The standard InChI is InChI=1S/C14H18N2S/c1-2-6-15-11-13-5-3-4-12(9-13)10-14-16-7-8-17-14/h3-5,7-9,15H,2,6,10-11H2,1H3. The van der Waals surface area contributed by atoms with E-state index in [-0.39, 0.29) is 0 Å². The molecular weight excluding hydrogens is 228 g/mol. The second kappa shape index (κ2) is 6.52. The molecule has 0 fully saturated rings. The van der Waals surface area contributed by atoms with Crippen LogP contribution in [0.1, 0.15) is 29.5 Å². The number of nitrogens with one attached hydrogen (secondary N) is 1. The lowest BCUT2D eigenvalue weighted by Crippen LogP contribution is -2.13. The number of benzene rings is 1. The lowest BCUT2D eigenvalue weighted by molar-refractivity contribution is 0.675. The fourth-order valence-corrected chi connectivity index (χ4v) is 2.42. The first kappa shape index (κ1) is 12.3. The summed E-state index contributed by atoms with van der Waals surface area (Å²) in [6.07, 6.45) is 3.99. The van der Waals surface area contributed by atoms with Gasteiger partial charge in [-0.1, -0.05) is 31.2 Å². The second-order valence-corrected chi connectivity index (χ2v) is 5.08. The van der Waals surface area contributed by atoms with Gasteiger partial charge in [0, 0.05) is 24.5 Å². The first-order chi connectivity index (χ1) is 8.38. The predicted molar refractivity (Wildman–Crippen MR) is 73.4 cm³/mol. The number of rotatable bonds is 6. The maximum Gasteiger partial charge on any atom is 0.0968 e. The van der Waals surface area contributed by atoms with Crippen LogP contribution in [0.4, 0.5) is 0 Å². The van der Waals surface area contributed by atoms with Crippen molar-refractivity contribution < 1.29 is 0 Å². The lowest BCUT2D eigenvalue weighted by Gasteiger charge is -2.05. The van der Waals surface area contributed by atoms with Gasteiger partial charge in [0.15, 0.2) is 0 Å². The minimum atomic E-state index is 0.944. The summed E-state index contributed by atoms with van der Waals surface area (Å²) in [6.45, 7) is 4.22. The van der Waals surface area contributed by atoms with Gasteiger partial charge in [-0.3, -0.25) is 0 Å². The van der Waals surface area contributed by atoms with Crippen molar-refractivity contribution >= 4 is 11.3 Å². The Morgan fingerprint density at radius 3 is 2.94 bits per heavy atom. The summed E-state index contributed by atoms with van der Waals surface area (Å²) in [5.41, 5.74) is 2.70. The number of aromatic nitrogens is 1. The van der Waals surface area contributed by atoms with Crippen molar-refractivity contribution in [3.8, 4) is 0 Å². The van der Waals surface area contributed by atoms with Crippen LogP contribution in [0.3, 0.4) is 0 Å². The highest BCUT2D eigenvalue weighted by Crippen LogP contribution is 2.13. The molecule has 17 heavy (non-hydrogen) atoms. The van der Waals surface area contributed by atoms with E-state index in [0.717, 1.165) is 19.5 Å². The Balaban J connectivity index is 1.96. The molecule has 0 atom stereocenters. The zero-order chi connectivity index (χ0) is 11.9. The van der Waals surface area contributed by atoms with Crippen LogP contribution >= 0.6 is 11.3 Å². The summed E-state index contributed by atoms with van der Waals surface area (Å²) in [5.74, 6) is 0. The van der Waals surface area contributed by atoms with Crippen molar-refractivity contribution in [2.75, 3.05) is 6.54 Å². The van der Waals surface area contributed by atoms with Crippen LogP contribution in [0.25, 0.3) is 0 Å². The molecule has 1 heterocycles. The van der Waals surface area contributed by atoms with E-state index in [0.29, 0.717) is 0 Å². The van der Waals surface area contributed by atoms with Gasteiger partial charge in [0.05, 0.1) is 5.01 Å². The first-order valence-electron chi connectivity index (χ1n) is 6.05. The molecule has 0 aliphatic heterocycles. The van der Waals surface area contributed by atoms with Gasteiger partial charge in [0.1, 0.15) is 0 Å². The summed E-state index contributed by atoms with van der Waals surface area (Å²) < 4.78 is 0. The Morgan fingerprint density at radius 2 is 2.18 bits per heavy atom. The average molecular weight is 246 g/mol. The van der Waals surface area contributed by atoms with Crippen LogP contribution in [0.2, 0.25) is 0 Å². The monoisotopic (exact) mass is 246 g/mol. The topological polar surface area (TPSA) is 24.9 Å². The zero-order valence-electron chi connectivity index (χ0n) is 10.1. The molecule has 90 valence electrons. The molecule has 1 N–H and O–H groups in total. The Kier molecular flexibility index (Phi) is 4.71. The smallest absolute Gasteiger partial charge is 0.0968 e. The van der Waals surface area contributed by atoms with Gasteiger partial charge in [-0.15, -0.1) is 11.3 Å². The van der Waals surface area contributed by atoms with Crippen LogP contribution in [-0.2, 0) is 13.0 Å². The third-order valence-electron chi connectivity index (χ3n) is 2.59. The molecule has 0 amide bonds. The molecule has 0 saturated carbocycles. The van der Waals surface area contributed by atoms with E-state index in [1.165, 1.54) is 22.6 Å². The highest BCUT2D eigenvalue weighted by Gasteiger charge is 2.00. The van der Waals surface area contributed by atoms with Gasteiger partial charge in [-0.2, -0.15) is 0 Å². The molecule has 2 rings (SSSR count). The van der Waals surface area contributed by atoms with Crippen LogP contribution in [0.5, 0.6) is 0 Å². The van der Waals surface area contributed by atoms with Gasteiger partial charge < -0.3 is 5.32 Å². The van der Waals surface area contributed by atoms with Crippen LogP contribution < -0.4 is 5.32 Å². The van der Waals surface area contributed by atoms with Gasteiger partial charge in [-0.05, 0) is 24.1 Å². The molecule has 2 aromatic rings. The van der Waals surface area contributed by atoms with Crippen molar-refractivity contribution in [3.05, 3.63) is 52.0 Å². The van der Waals surface area contributed by atoms with E-state index >= 15 is 0 Å². The molecule has 1 aromatic carbocycles. The summed E-state index contributed by atoms with van der Waals surface area (Å²) >= 11 is 1.72. The third kappa shape index (κ3) is 3.95. The molecule has 2 nitrogen and oxygen atoms in total. The van der Waals surface area contributed by atoms with Crippen LogP contribution in [-0.4, -0.2) is 11.5 Å². The summed E-state index contributed by atoms with van der Waals surface area (Å²) in [6, 6.07) is 8.74. The maximum absolute atomic E-state index is 4.32. The van der Waals surface area contributed by atoms with Crippen molar-refractivity contribution in [2.45, 2.75) is 26.3 Å². The number of thiazole rings is 1. The Labute approximate surface area is 107 Å². The van der Waals surface area contributed by atoms with Crippen LogP contribution in [0.15, 0.2) is 35.8 Å². The van der Waals surface area contributed by atoms with Crippen molar-refractivity contribution in [3.63, 3.8) is 0 Å². The number of hydrogen-bond acceptors (Lipinski definition) is 3. The molecule has 0 aliphatic carbocycles. The van der Waals surface area contributed by atoms with Gasteiger partial charge in [0.25, 0.3) is 0 Å². The molecule has 0 saturated heterocycles. The Morgan fingerprint density at radius 1 is 1.29 bits per heavy atom. The number of nitrogens with zero attached hydrogens (tertiary/aromatic N) is 1. The van der Waals surface area contributed by atoms with Gasteiger partial charge in [0.2, 0.25) is 0 Å². The van der Waals surface area contributed by atoms with Gasteiger partial charge in [-0.25, -0.2) is 4.98 Å². The quantitative estimate of drug-likeness (QED) is 0.792. The van der Waals surface area contributed by atoms with Crippen LogP contribution in [0, 0.1) is 0 Å². The summed E-state index contributed by atoms with van der Waals surface area (Å²) in [4.78, 5) is 4.32. The first-order valence-corrected chi connectivity index (χ1v) is 6.93. The van der Waals surface area contributed by atoms with Gasteiger partial charge >= 0.3 is 0 Å². The zero-order valence-corrected chi connectivity index (χ0v) is 11.0. The molecule has 1 aromatic heterocycles. The maximum atomic E-state index is 4.32. The summed E-state index contributed by atoms with van der Waals surface area (Å²) in [7, 11) is 0. The summed E-state index contributed by atoms with van der Waals surface area (Å²) in [5, 5.41) is 6.64. The SMILES string of the molecule is CCCNCc1cccc(Cc2nccs2)c1. The van der Waals surface area contributed by atoms with E-state index in [1.54, 1.807) is 11.3 Å². The van der Waals surface area contributed by atoms with Crippen molar-refractivity contribution in [1.29, 1.82) is 0 Å². The highest BCUT2D eigenvalue weighted by molar-refractivity contribution is 7.09. The largest absolute Gasteiger partial charge is 0.313 e. The van der Waals surface area contributed by atoms with E-state index in [2.05, 4.69) is 41.5 Å². The fraction of sp³-hybridized carbons (Fsp3) is 0.357. The van der Waals surface area contributed by atoms with E-state index < -0.39 is 0 Å². The Bertz CT molecular complexity index is 437. The molecule has 0 aliphatic rings. The lowest BCUT2D eigenvalue weighted by atomic mass is 10.1. The number of hydrogen-bond donors (Lipinski definition) is 1. The molecule has 0 radical (unpaired) electrons. The predicted octanol–water partition coefficient (Wildman–Crippen LogP) is 3.23. The fourth-order valence-electron chi connectivity index (χ4n) is 1.77. The molecule has 0 bridgehead atoms. The molecular formula is C14H18N2S. The molecule has 0 spiro atoms. The van der Waals surface area contributed by atoms with E-state index in [4.69, 9.17) is 0 Å². The normalized spacial score (nSPS) is 10.6. The van der Waals surface area contributed by atoms with E-state index in [1.807, 2.05) is 11.6 Å². The van der Waals surface area contributed by atoms with E-state index in [9.17, 15) is 0 Å². The average Bonchev–Trinajstić information content (AvgIpc) is 2.83. The Hall–Kier alpha value is -1.19. The molecule has 0 unspecified atom stereocenters. The van der Waals surface area contributed by atoms with Crippen molar-refractivity contribution in [2.24, 2.45) is 0 Å². The second-order valence-electron chi connectivity index (χ2n) is 4.10. The minimum absolute atomic E-state index is 0.944. The highest BCUT2D eigenvalue weighted by atomic mass is 32.1. The minimum Gasteiger partial charge on any atom is -0.313 e.